The van der Waals surface area contributed by atoms with Gasteiger partial charge in [0.2, 0.25) is 0 Å². The van der Waals surface area contributed by atoms with Gasteiger partial charge in [0, 0.05) is 22.8 Å². The van der Waals surface area contributed by atoms with E-state index < -0.39 is 6.43 Å². The molecule has 14 heavy (non-hydrogen) atoms. The third-order valence-electron chi connectivity index (χ3n) is 1.73. The van der Waals surface area contributed by atoms with Crippen LogP contribution in [0.5, 0.6) is 0 Å². The van der Waals surface area contributed by atoms with E-state index in [4.69, 9.17) is 11.0 Å². The summed E-state index contributed by atoms with van der Waals surface area (Å²) in [5.74, 6) is 0. The first-order valence-electron chi connectivity index (χ1n) is 3.63. The van der Waals surface area contributed by atoms with Gasteiger partial charge in [0.1, 0.15) is 11.8 Å². The number of nitrogens with zero attached hydrogens (tertiary/aromatic N) is 2. The summed E-state index contributed by atoms with van der Waals surface area (Å²) < 4.78 is 24.7. The maximum atomic E-state index is 12.4. The third kappa shape index (κ3) is 1.82. The molecular formula is C8H6BrF2N3. The summed E-state index contributed by atoms with van der Waals surface area (Å²) in [7, 11) is 0. The number of halogens is 3. The zero-order valence-electron chi connectivity index (χ0n) is 6.97. The lowest BCUT2D eigenvalue weighted by Crippen LogP contribution is -2.03. The Balaban J connectivity index is 3.37. The average Bonchev–Trinajstić information content (AvgIpc) is 2.16. The first-order valence-corrected chi connectivity index (χ1v) is 4.75. The molecule has 1 aromatic rings. The molecular weight excluding hydrogens is 256 g/mol. The smallest absolute Gasteiger partial charge is 0.267 e. The van der Waals surface area contributed by atoms with Gasteiger partial charge in [-0.1, -0.05) is 15.9 Å². The molecule has 6 heteroatoms. The van der Waals surface area contributed by atoms with Crippen LogP contribution in [0.15, 0.2) is 6.20 Å². The number of hydrogen-bond donors (Lipinski definition) is 1. The largest absolute Gasteiger partial charge is 0.398 e. The van der Waals surface area contributed by atoms with Gasteiger partial charge in [0.05, 0.1) is 5.56 Å². The molecule has 74 valence electrons. The fraction of sp³-hybridized carbons (Fsp3) is 0.250. The lowest BCUT2D eigenvalue weighted by molar-refractivity contribution is 0.151. The zero-order valence-corrected chi connectivity index (χ0v) is 8.55. The Hall–Kier alpha value is -1.22. The highest BCUT2D eigenvalue weighted by atomic mass is 79.9. The summed E-state index contributed by atoms with van der Waals surface area (Å²) >= 11 is 3.07. The number of nitrogen functional groups attached to an aromatic ring is 1. The van der Waals surface area contributed by atoms with Crippen molar-refractivity contribution in [2.24, 2.45) is 0 Å². The van der Waals surface area contributed by atoms with Gasteiger partial charge in [-0.05, 0) is 0 Å². The van der Waals surface area contributed by atoms with E-state index >= 15 is 0 Å². The Labute approximate surface area is 87.7 Å². The molecule has 0 atom stereocenters. The summed E-state index contributed by atoms with van der Waals surface area (Å²) in [4.78, 5) is 3.60. The monoisotopic (exact) mass is 261 g/mol. The van der Waals surface area contributed by atoms with Crippen molar-refractivity contribution >= 4 is 21.6 Å². The van der Waals surface area contributed by atoms with Crippen LogP contribution in [0.25, 0.3) is 0 Å². The number of hydrogen-bond acceptors (Lipinski definition) is 3. The van der Waals surface area contributed by atoms with E-state index in [1.165, 1.54) is 0 Å². The topological polar surface area (TPSA) is 62.7 Å². The van der Waals surface area contributed by atoms with Gasteiger partial charge in [-0.15, -0.1) is 0 Å². The Bertz CT molecular complexity index is 387. The van der Waals surface area contributed by atoms with Gasteiger partial charge < -0.3 is 5.73 Å². The average molecular weight is 262 g/mol. The van der Waals surface area contributed by atoms with Crippen LogP contribution in [0.2, 0.25) is 0 Å². The molecule has 0 spiro atoms. The van der Waals surface area contributed by atoms with Crippen molar-refractivity contribution in [2.45, 2.75) is 11.8 Å². The second kappa shape index (κ2) is 4.33. The van der Waals surface area contributed by atoms with Gasteiger partial charge in [-0.2, -0.15) is 5.26 Å². The highest BCUT2D eigenvalue weighted by molar-refractivity contribution is 9.08. The Morgan fingerprint density at radius 3 is 2.71 bits per heavy atom. The summed E-state index contributed by atoms with van der Waals surface area (Å²) in [5.41, 5.74) is 5.45. The van der Waals surface area contributed by atoms with E-state index in [1.54, 1.807) is 6.07 Å². The van der Waals surface area contributed by atoms with Crippen LogP contribution >= 0.6 is 15.9 Å². The van der Waals surface area contributed by atoms with E-state index in [2.05, 4.69) is 20.9 Å². The predicted molar refractivity (Wildman–Crippen MR) is 51.0 cm³/mol. The van der Waals surface area contributed by atoms with E-state index in [-0.39, 0.29) is 22.3 Å². The van der Waals surface area contributed by atoms with Crippen LogP contribution in [-0.2, 0) is 5.33 Å². The van der Waals surface area contributed by atoms with Crippen LogP contribution in [0.1, 0.15) is 23.2 Å². The Morgan fingerprint density at radius 2 is 2.29 bits per heavy atom. The van der Waals surface area contributed by atoms with E-state index in [9.17, 15) is 8.78 Å². The standard InChI is InChI=1S/C8H6BrF2N3/c9-1-4-6(2-12)14-3-5(7(4)13)8(10)11/h3,8H,1H2,(H2,13,14). The van der Waals surface area contributed by atoms with Crippen LogP contribution in [0.4, 0.5) is 14.5 Å². The minimum absolute atomic E-state index is 0.0663. The van der Waals surface area contributed by atoms with E-state index in [0.29, 0.717) is 5.56 Å². The fourth-order valence-electron chi connectivity index (χ4n) is 0.989. The number of aromatic nitrogens is 1. The quantitative estimate of drug-likeness (QED) is 0.832. The molecule has 1 heterocycles. The first kappa shape index (κ1) is 10.9. The SMILES string of the molecule is N#Cc1ncc(C(F)F)c(N)c1CBr. The van der Waals surface area contributed by atoms with Gasteiger partial charge in [-0.25, -0.2) is 13.8 Å². The van der Waals surface area contributed by atoms with Crippen molar-refractivity contribution in [3.05, 3.63) is 23.0 Å². The summed E-state index contributed by atoms with van der Waals surface area (Å²) in [6.07, 6.45) is -1.74. The van der Waals surface area contributed by atoms with E-state index in [0.717, 1.165) is 6.20 Å². The second-order valence-electron chi connectivity index (χ2n) is 2.50. The van der Waals surface area contributed by atoms with Crippen molar-refractivity contribution in [2.75, 3.05) is 5.73 Å². The van der Waals surface area contributed by atoms with Crippen LogP contribution < -0.4 is 5.73 Å². The molecule has 0 aliphatic heterocycles. The van der Waals surface area contributed by atoms with Crippen molar-refractivity contribution in [3.63, 3.8) is 0 Å². The fourth-order valence-corrected chi connectivity index (χ4v) is 1.56. The molecule has 0 aliphatic rings. The van der Waals surface area contributed by atoms with Crippen molar-refractivity contribution in [1.29, 1.82) is 5.26 Å². The van der Waals surface area contributed by atoms with Crippen molar-refractivity contribution in [3.8, 4) is 6.07 Å². The third-order valence-corrected chi connectivity index (χ3v) is 2.29. The molecule has 0 amide bonds. The highest BCUT2D eigenvalue weighted by Gasteiger charge is 2.17. The lowest BCUT2D eigenvalue weighted by atomic mass is 10.1. The summed E-state index contributed by atoms with van der Waals surface area (Å²) in [6.45, 7) is 0. The highest BCUT2D eigenvalue weighted by Crippen LogP contribution is 2.29. The molecule has 1 rings (SSSR count). The maximum absolute atomic E-state index is 12.4. The Morgan fingerprint density at radius 1 is 1.64 bits per heavy atom. The number of nitriles is 1. The van der Waals surface area contributed by atoms with Crippen molar-refractivity contribution < 1.29 is 8.78 Å². The first-order chi connectivity index (χ1) is 6.61. The molecule has 1 aromatic heterocycles. The minimum atomic E-state index is -2.67. The maximum Gasteiger partial charge on any atom is 0.267 e. The molecule has 0 fully saturated rings. The number of alkyl halides is 3. The van der Waals surface area contributed by atoms with Crippen molar-refractivity contribution in [1.82, 2.24) is 4.98 Å². The predicted octanol–water partition coefficient (Wildman–Crippen LogP) is 2.37. The van der Waals surface area contributed by atoms with Crippen LogP contribution in [0, 0.1) is 11.3 Å². The molecule has 3 nitrogen and oxygen atoms in total. The zero-order chi connectivity index (χ0) is 10.7. The molecule has 2 N–H and O–H groups in total. The molecule has 0 radical (unpaired) electrons. The lowest BCUT2D eigenvalue weighted by Gasteiger charge is -2.08. The van der Waals surface area contributed by atoms with Gasteiger partial charge in [0.15, 0.2) is 0 Å². The molecule has 0 aromatic carbocycles. The number of rotatable bonds is 2. The van der Waals surface area contributed by atoms with E-state index in [1.807, 2.05) is 0 Å². The Kier molecular flexibility index (Phi) is 3.36. The summed E-state index contributed by atoms with van der Waals surface area (Å²) in [5, 5.41) is 8.86. The molecule has 0 unspecified atom stereocenters. The molecule has 0 saturated heterocycles. The van der Waals surface area contributed by atoms with Gasteiger partial charge in [0.25, 0.3) is 6.43 Å². The molecule has 0 aliphatic carbocycles. The number of anilines is 1. The number of nitrogens with two attached hydrogens (primary N) is 1. The van der Waals surface area contributed by atoms with Gasteiger partial charge in [-0.3, -0.25) is 0 Å². The summed E-state index contributed by atoms with van der Waals surface area (Å²) in [6, 6.07) is 1.79. The normalized spacial score (nSPS) is 10.2. The van der Waals surface area contributed by atoms with Crippen LogP contribution in [-0.4, -0.2) is 4.98 Å². The second-order valence-corrected chi connectivity index (χ2v) is 3.06. The number of pyridine rings is 1. The van der Waals surface area contributed by atoms with Crippen LogP contribution in [0.3, 0.4) is 0 Å². The van der Waals surface area contributed by atoms with Gasteiger partial charge >= 0.3 is 0 Å². The molecule has 0 bridgehead atoms. The molecule has 0 saturated carbocycles. The minimum Gasteiger partial charge on any atom is -0.398 e.